The molecule has 24 heavy (non-hydrogen) atoms. The lowest BCUT2D eigenvalue weighted by molar-refractivity contribution is -0.116. The minimum atomic E-state index is -0.361. The summed E-state index contributed by atoms with van der Waals surface area (Å²) in [5.41, 5.74) is 2.89. The minimum absolute atomic E-state index is 0.109. The fourth-order valence-corrected chi connectivity index (χ4v) is 2.50. The van der Waals surface area contributed by atoms with Crippen LogP contribution in [0.3, 0.4) is 0 Å². The number of anilines is 2. The molecule has 0 saturated carbocycles. The second-order valence-electron chi connectivity index (χ2n) is 6.20. The Morgan fingerprint density at radius 1 is 0.958 bits per heavy atom. The van der Waals surface area contributed by atoms with Gasteiger partial charge in [-0.05, 0) is 42.7 Å². The zero-order chi connectivity index (χ0) is 17.1. The number of carbonyl (C=O) groups excluding carboxylic acids is 1. The third-order valence-electron chi connectivity index (χ3n) is 3.99. The number of fused-ring (bicyclic) bond motifs is 1. The summed E-state index contributed by atoms with van der Waals surface area (Å²) in [5, 5.41) is 6.10. The SMILES string of the molecule is CC(Nc1ccc(C(C)C)cc1)C(=O)Nc1ccc2c(c1)OCO2. The number of nitrogens with one attached hydrogen (secondary N) is 2. The lowest BCUT2D eigenvalue weighted by atomic mass is 10.0. The molecule has 5 nitrogen and oxygen atoms in total. The van der Waals surface area contributed by atoms with Crippen molar-refractivity contribution in [1.29, 1.82) is 0 Å². The second kappa shape index (κ2) is 6.83. The summed E-state index contributed by atoms with van der Waals surface area (Å²) in [4.78, 5) is 12.3. The number of hydrogen-bond acceptors (Lipinski definition) is 4. The molecule has 1 atom stereocenters. The quantitative estimate of drug-likeness (QED) is 0.872. The van der Waals surface area contributed by atoms with E-state index in [1.54, 1.807) is 18.2 Å². The lowest BCUT2D eigenvalue weighted by Gasteiger charge is -2.16. The van der Waals surface area contributed by atoms with E-state index in [2.05, 4.69) is 36.6 Å². The Morgan fingerprint density at radius 3 is 2.33 bits per heavy atom. The van der Waals surface area contributed by atoms with Gasteiger partial charge in [0.05, 0.1) is 0 Å². The van der Waals surface area contributed by atoms with Crippen LogP contribution in [0, 0.1) is 0 Å². The Balaban J connectivity index is 1.60. The molecule has 0 spiro atoms. The molecule has 2 N–H and O–H groups in total. The average molecular weight is 326 g/mol. The van der Waals surface area contributed by atoms with Crippen molar-refractivity contribution in [3.8, 4) is 11.5 Å². The molecule has 0 saturated heterocycles. The molecule has 1 aliphatic rings. The van der Waals surface area contributed by atoms with Gasteiger partial charge >= 0.3 is 0 Å². The summed E-state index contributed by atoms with van der Waals surface area (Å²) in [7, 11) is 0. The molecular formula is C19H22N2O3. The fraction of sp³-hybridized carbons (Fsp3) is 0.316. The topological polar surface area (TPSA) is 59.6 Å². The number of rotatable bonds is 5. The zero-order valence-electron chi connectivity index (χ0n) is 14.1. The summed E-state index contributed by atoms with van der Waals surface area (Å²) >= 11 is 0. The standard InChI is InChI=1S/C19H22N2O3/c1-12(2)14-4-6-15(7-5-14)20-13(3)19(22)21-16-8-9-17-18(10-16)24-11-23-17/h4-10,12-13,20H,11H2,1-3H3,(H,21,22). The van der Waals surface area contributed by atoms with Gasteiger partial charge in [-0.15, -0.1) is 0 Å². The predicted octanol–water partition coefficient (Wildman–Crippen LogP) is 3.98. The van der Waals surface area contributed by atoms with Crippen LogP contribution >= 0.6 is 0 Å². The fourth-order valence-electron chi connectivity index (χ4n) is 2.50. The van der Waals surface area contributed by atoms with E-state index >= 15 is 0 Å². The van der Waals surface area contributed by atoms with Crippen LogP contribution in [0.2, 0.25) is 0 Å². The Hall–Kier alpha value is -2.69. The van der Waals surface area contributed by atoms with Gasteiger partial charge in [0.1, 0.15) is 6.04 Å². The molecule has 1 unspecified atom stereocenters. The first-order valence-corrected chi connectivity index (χ1v) is 8.10. The van der Waals surface area contributed by atoms with Gasteiger partial charge in [-0.3, -0.25) is 4.79 Å². The third-order valence-corrected chi connectivity index (χ3v) is 3.99. The first kappa shape index (κ1) is 16.2. The van der Waals surface area contributed by atoms with E-state index in [1.807, 2.05) is 19.1 Å². The van der Waals surface area contributed by atoms with Crippen LogP contribution in [0.4, 0.5) is 11.4 Å². The van der Waals surface area contributed by atoms with Gasteiger partial charge in [0.2, 0.25) is 12.7 Å². The van der Waals surface area contributed by atoms with Crippen molar-refractivity contribution >= 4 is 17.3 Å². The summed E-state index contributed by atoms with van der Waals surface area (Å²) < 4.78 is 10.6. The number of carbonyl (C=O) groups is 1. The molecular weight excluding hydrogens is 304 g/mol. The van der Waals surface area contributed by atoms with Crippen molar-refractivity contribution in [3.63, 3.8) is 0 Å². The van der Waals surface area contributed by atoms with E-state index < -0.39 is 0 Å². The number of benzene rings is 2. The average Bonchev–Trinajstić information content (AvgIpc) is 3.03. The largest absolute Gasteiger partial charge is 0.454 e. The molecule has 0 radical (unpaired) electrons. The Bertz CT molecular complexity index is 726. The van der Waals surface area contributed by atoms with E-state index in [0.717, 1.165) is 5.69 Å². The van der Waals surface area contributed by atoms with Crippen molar-refractivity contribution in [1.82, 2.24) is 0 Å². The first-order valence-electron chi connectivity index (χ1n) is 8.10. The highest BCUT2D eigenvalue weighted by Gasteiger charge is 2.16. The van der Waals surface area contributed by atoms with Gasteiger partial charge < -0.3 is 20.1 Å². The number of ether oxygens (including phenoxy) is 2. The van der Waals surface area contributed by atoms with Crippen molar-refractivity contribution in [2.75, 3.05) is 17.4 Å². The maximum Gasteiger partial charge on any atom is 0.246 e. The molecule has 0 bridgehead atoms. The van der Waals surface area contributed by atoms with E-state index in [-0.39, 0.29) is 18.7 Å². The molecule has 1 heterocycles. The van der Waals surface area contributed by atoms with Gasteiger partial charge in [0.15, 0.2) is 11.5 Å². The molecule has 2 aromatic carbocycles. The van der Waals surface area contributed by atoms with Crippen molar-refractivity contribution in [3.05, 3.63) is 48.0 Å². The summed E-state index contributed by atoms with van der Waals surface area (Å²) in [6.07, 6.45) is 0. The molecule has 0 fully saturated rings. The lowest BCUT2D eigenvalue weighted by Crippen LogP contribution is -2.31. The highest BCUT2D eigenvalue weighted by atomic mass is 16.7. The Morgan fingerprint density at radius 2 is 1.62 bits per heavy atom. The van der Waals surface area contributed by atoms with Crippen LogP contribution in [-0.4, -0.2) is 18.7 Å². The first-order chi connectivity index (χ1) is 11.5. The third kappa shape index (κ3) is 3.62. The normalized spacial score (nSPS) is 13.7. The molecule has 2 aromatic rings. The molecule has 0 aliphatic carbocycles. The summed E-state index contributed by atoms with van der Waals surface area (Å²) in [5.74, 6) is 1.73. The van der Waals surface area contributed by atoms with Crippen LogP contribution in [0.15, 0.2) is 42.5 Å². The van der Waals surface area contributed by atoms with E-state index in [9.17, 15) is 4.79 Å². The second-order valence-corrected chi connectivity index (χ2v) is 6.20. The summed E-state index contributed by atoms with van der Waals surface area (Å²) in [6.45, 7) is 6.36. The molecule has 0 aromatic heterocycles. The van der Waals surface area contributed by atoms with Gasteiger partial charge in [-0.1, -0.05) is 26.0 Å². The van der Waals surface area contributed by atoms with Crippen molar-refractivity contribution in [2.24, 2.45) is 0 Å². The predicted molar refractivity (Wildman–Crippen MR) is 94.8 cm³/mol. The number of amides is 1. The maximum atomic E-state index is 12.3. The van der Waals surface area contributed by atoms with E-state index in [4.69, 9.17) is 9.47 Å². The van der Waals surface area contributed by atoms with Crippen LogP contribution in [0.1, 0.15) is 32.3 Å². The van der Waals surface area contributed by atoms with Gasteiger partial charge in [0, 0.05) is 17.4 Å². The minimum Gasteiger partial charge on any atom is -0.454 e. The van der Waals surface area contributed by atoms with Crippen LogP contribution in [0.5, 0.6) is 11.5 Å². The van der Waals surface area contributed by atoms with Crippen LogP contribution < -0.4 is 20.1 Å². The monoisotopic (exact) mass is 326 g/mol. The van der Waals surface area contributed by atoms with Crippen LogP contribution in [-0.2, 0) is 4.79 Å². The highest BCUT2D eigenvalue weighted by Crippen LogP contribution is 2.34. The molecule has 1 amide bonds. The maximum absolute atomic E-state index is 12.3. The molecule has 1 aliphatic heterocycles. The van der Waals surface area contributed by atoms with Crippen molar-refractivity contribution in [2.45, 2.75) is 32.7 Å². The van der Waals surface area contributed by atoms with Crippen molar-refractivity contribution < 1.29 is 14.3 Å². The van der Waals surface area contributed by atoms with Gasteiger partial charge in [-0.25, -0.2) is 0 Å². The zero-order valence-corrected chi connectivity index (χ0v) is 14.1. The highest BCUT2D eigenvalue weighted by molar-refractivity contribution is 5.96. The van der Waals surface area contributed by atoms with Gasteiger partial charge in [0.25, 0.3) is 0 Å². The Labute approximate surface area is 142 Å². The number of hydrogen-bond donors (Lipinski definition) is 2. The van der Waals surface area contributed by atoms with Crippen LogP contribution in [0.25, 0.3) is 0 Å². The Kier molecular flexibility index (Phi) is 4.60. The van der Waals surface area contributed by atoms with E-state index in [1.165, 1.54) is 5.56 Å². The van der Waals surface area contributed by atoms with Gasteiger partial charge in [-0.2, -0.15) is 0 Å². The molecule has 126 valence electrons. The smallest absolute Gasteiger partial charge is 0.246 e. The molecule has 3 rings (SSSR count). The molecule has 5 heteroatoms. The van der Waals surface area contributed by atoms with E-state index in [0.29, 0.717) is 23.1 Å². The summed E-state index contributed by atoms with van der Waals surface area (Å²) in [6, 6.07) is 13.2.